The Hall–Kier alpha value is -1.37. The molecule has 1 fully saturated rings. The van der Waals surface area contributed by atoms with Crippen LogP contribution in [0.5, 0.6) is 0 Å². The van der Waals surface area contributed by atoms with Gasteiger partial charge in [0.2, 0.25) is 0 Å². The highest BCUT2D eigenvalue weighted by Gasteiger charge is 2.28. The lowest BCUT2D eigenvalue weighted by Gasteiger charge is -2.31. The van der Waals surface area contributed by atoms with Gasteiger partial charge in [-0.1, -0.05) is 11.6 Å². The van der Waals surface area contributed by atoms with Crippen LogP contribution in [0, 0.1) is 12.8 Å². The van der Waals surface area contributed by atoms with Crippen LogP contribution in [-0.4, -0.2) is 32.5 Å². The fourth-order valence-electron chi connectivity index (χ4n) is 3.47. The Balaban J connectivity index is 1.82. The first-order chi connectivity index (χ1) is 11.6. The number of imidazole rings is 1. The summed E-state index contributed by atoms with van der Waals surface area (Å²) in [5.41, 5.74) is 2.03. The third kappa shape index (κ3) is 3.50. The van der Waals surface area contributed by atoms with E-state index < -0.39 is 0 Å². The zero-order valence-corrected chi connectivity index (χ0v) is 15.4. The van der Waals surface area contributed by atoms with E-state index >= 15 is 0 Å². The fraction of sp³-hybridized carbons (Fsp3) is 0.647. The quantitative estimate of drug-likeness (QED) is 0.869. The normalized spacial score (nSPS) is 17.3. The van der Waals surface area contributed by atoms with Gasteiger partial charge in [0.25, 0.3) is 0 Å². The molecule has 7 heteroatoms. The van der Waals surface area contributed by atoms with Crippen molar-refractivity contribution in [3.8, 4) is 0 Å². The van der Waals surface area contributed by atoms with E-state index in [1.807, 2.05) is 26.4 Å². The van der Waals surface area contributed by atoms with Gasteiger partial charge in [-0.15, -0.1) is 0 Å². The summed E-state index contributed by atoms with van der Waals surface area (Å²) < 4.78 is 9.48. The van der Waals surface area contributed by atoms with Gasteiger partial charge < -0.3 is 14.6 Å². The maximum Gasteiger partial charge on any atom is 0.131 e. The summed E-state index contributed by atoms with van der Waals surface area (Å²) in [6.07, 6.45) is 6.03. The molecule has 1 saturated heterocycles. The second-order valence-corrected chi connectivity index (χ2v) is 6.72. The summed E-state index contributed by atoms with van der Waals surface area (Å²) in [6, 6.07) is 0.194. The average Bonchev–Trinajstić information content (AvgIpc) is 3.15. The molecular weight excluding hydrogens is 326 g/mol. The third-order valence-electron chi connectivity index (χ3n) is 4.87. The van der Waals surface area contributed by atoms with Crippen molar-refractivity contribution < 1.29 is 4.74 Å². The molecule has 6 nitrogen and oxygen atoms in total. The van der Waals surface area contributed by atoms with Gasteiger partial charge in [-0.3, -0.25) is 4.68 Å². The first kappa shape index (κ1) is 17.5. The number of nitrogens with zero attached hydrogens (tertiary/aromatic N) is 4. The number of aromatic nitrogens is 4. The van der Waals surface area contributed by atoms with Gasteiger partial charge in [-0.25, -0.2) is 4.98 Å². The van der Waals surface area contributed by atoms with Crippen LogP contribution >= 0.6 is 11.6 Å². The topological polar surface area (TPSA) is 56.9 Å². The minimum absolute atomic E-state index is 0.194. The molecule has 1 aliphatic heterocycles. The van der Waals surface area contributed by atoms with Crippen LogP contribution in [0.4, 0.5) is 0 Å². The minimum atomic E-state index is 0.194. The van der Waals surface area contributed by atoms with Crippen molar-refractivity contribution in [2.24, 2.45) is 13.0 Å². The highest BCUT2D eigenvalue weighted by atomic mass is 35.5. The van der Waals surface area contributed by atoms with Crippen molar-refractivity contribution in [2.75, 3.05) is 13.2 Å². The van der Waals surface area contributed by atoms with Gasteiger partial charge >= 0.3 is 0 Å². The zero-order chi connectivity index (χ0) is 17.1. The molecule has 0 aliphatic carbocycles. The predicted molar refractivity (Wildman–Crippen MR) is 94.0 cm³/mol. The molecule has 0 aromatic carbocycles. The molecule has 3 rings (SSSR count). The Kier molecular flexibility index (Phi) is 5.58. The van der Waals surface area contributed by atoms with Crippen LogP contribution in [-0.2, 0) is 24.9 Å². The van der Waals surface area contributed by atoms with E-state index in [4.69, 9.17) is 16.3 Å². The van der Waals surface area contributed by atoms with Crippen molar-refractivity contribution in [3.63, 3.8) is 0 Å². The molecule has 2 aromatic rings. The van der Waals surface area contributed by atoms with Crippen molar-refractivity contribution >= 4 is 11.6 Å². The molecule has 3 heterocycles. The lowest BCUT2D eigenvalue weighted by Crippen LogP contribution is -2.34. The number of hydrogen-bond acceptors (Lipinski definition) is 4. The molecule has 0 saturated carbocycles. The van der Waals surface area contributed by atoms with E-state index in [1.54, 1.807) is 4.68 Å². The largest absolute Gasteiger partial charge is 0.381 e. The van der Waals surface area contributed by atoms with E-state index in [2.05, 4.69) is 26.9 Å². The van der Waals surface area contributed by atoms with Crippen LogP contribution in [0.3, 0.4) is 0 Å². The number of rotatable bonds is 6. The molecule has 24 heavy (non-hydrogen) atoms. The predicted octanol–water partition coefficient (Wildman–Crippen LogP) is 2.86. The van der Waals surface area contributed by atoms with Crippen molar-refractivity contribution in [3.05, 3.63) is 34.6 Å². The van der Waals surface area contributed by atoms with Gasteiger partial charge in [-0.2, -0.15) is 5.10 Å². The summed E-state index contributed by atoms with van der Waals surface area (Å²) in [5, 5.41) is 8.80. The first-order valence-corrected chi connectivity index (χ1v) is 8.99. The van der Waals surface area contributed by atoms with Crippen LogP contribution in [0.2, 0.25) is 5.15 Å². The molecular formula is C17H26ClN5O. The van der Waals surface area contributed by atoms with E-state index in [0.29, 0.717) is 17.6 Å². The minimum Gasteiger partial charge on any atom is -0.381 e. The number of aryl methyl sites for hydroxylation is 3. The zero-order valence-electron chi connectivity index (χ0n) is 14.6. The molecule has 0 unspecified atom stereocenters. The van der Waals surface area contributed by atoms with Crippen LogP contribution in [0.1, 0.15) is 42.9 Å². The maximum absolute atomic E-state index is 6.39. The molecule has 0 amide bonds. The van der Waals surface area contributed by atoms with E-state index in [9.17, 15) is 0 Å². The molecule has 2 aromatic heterocycles. The van der Waals surface area contributed by atoms with Gasteiger partial charge in [0.15, 0.2) is 0 Å². The number of nitrogens with one attached hydrogen (secondary N) is 1. The van der Waals surface area contributed by atoms with Crippen LogP contribution in [0.25, 0.3) is 0 Å². The molecule has 1 N–H and O–H groups in total. The van der Waals surface area contributed by atoms with Crippen molar-refractivity contribution in [1.29, 1.82) is 0 Å². The van der Waals surface area contributed by atoms with Crippen molar-refractivity contribution in [1.82, 2.24) is 24.6 Å². The first-order valence-electron chi connectivity index (χ1n) is 8.62. The van der Waals surface area contributed by atoms with Crippen LogP contribution in [0.15, 0.2) is 12.4 Å². The summed E-state index contributed by atoms with van der Waals surface area (Å²) in [7, 11) is 1.87. The summed E-state index contributed by atoms with van der Waals surface area (Å²) in [5.74, 6) is 1.62. The average molecular weight is 352 g/mol. The monoisotopic (exact) mass is 351 g/mol. The second-order valence-electron chi connectivity index (χ2n) is 6.36. The molecule has 0 bridgehead atoms. The highest BCUT2D eigenvalue weighted by Crippen LogP contribution is 2.30. The molecule has 0 radical (unpaired) electrons. The van der Waals surface area contributed by atoms with Gasteiger partial charge in [0.05, 0.1) is 11.7 Å². The Labute approximate surface area is 148 Å². The van der Waals surface area contributed by atoms with Crippen molar-refractivity contribution in [2.45, 2.75) is 45.8 Å². The summed E-state index contributed by atoms with van der Waals surface area (Å²) >= 11 is 6.39. The second kappa shape index (κ2) is 7.68. The SMILES string of the molecule is CCn1ccnc1[C@H](NCc1c(C)nn(C)c1Cl)C1CCOCC1. The van der Waals surface area contributed by atoms with E-state index in [-0.39, 0.29) is 6.04 Å². The lowest BCUT2D eigenvalue weighted by atomic mass is 9.91. The van der Waals surface area contributed by atoms with Crippen LogP contribution < -0.4 is 5.32 Å². The smallest absolute Gasteiger partial charge is 0.131 e. The fourth-order valence-corrected chi connectivity index (χ4v) is 3.71. The standard InChI is InChI=1S/C17H26ClN5O/c1-4-23-8-7-19-17(23)15(13-5-9-24-10-6-13)20-11-14-12(2)21-22(3)16(14)18/h7-8,13,15,20H,4-6,9-11H2,1-3H3/t15-/m1/s1. The Morgan fingerprint density at radius 3 is 2.79 bits per heavy atom. The highest BCUT2D eigenvalue weighted by molar-refractivity contribution is 6.30. The lowest BCUT2D eigenvalue weighted by molar-refractivity contribution is 0.0517. The van der Waals surface area contributed by atoms with Gasteiger partial charge in [-0.05, 0) is 32.6 Å². The summed E-state index contributed by atoms with van der Waals surface area (Å²) in [4.78, 5) is 4.63. The molecule has 1 aliphatic rings. The Morgan fingerprint density at radius 1 is 1.42 bits per heavy atom. The maximum atomic E-state index is 6.39. The number of hydrogen-bond donors (Lipinski definition) is 1. The molecule has 0 spiro atoms. The van der Waals surface area contributed by atoms with E-state index in [0.717, 1.165) is 49.7 Å². The molecule has 132 valence electrons. The van der Waals surface area contributed by atoms with Gasteiger partial charge in [0.1, 0.15) is 11.0 Å². The Morgan fingerprint density at radius 2 is 2.17 bits per heavy atom. The molecule has 1 atom stereocenters. The number of halogens is 1. The number of ether oxygens (including phenoxy) is 1. The Bertz CT molecular complexity index is 675. The third-order valence-corrected chi connectivity index (χ3v) is 5.35. The van der Waals surface area contributed by atoms with E-state index in [1.165, 1.54) is 0 Å². The summed E-state index contributed by atoms with van der Waals surface area (Å²) in [6.45, 7) is 7.40. The van der Waals surface area contributed by atoms with Gasteiger partial charge in [0, 0.05) is 51.3 Å².